The van der Waals surface area contributed by atoms with Gasteiger partial charge in [0.15, 0.2) is 5.96 Å². The molecule has 0 radical (unpaired) electrons. The van der Waals surface area contributed by atoms with E-state index in [9.17, 15) is 0 Å². The highest BCUT2D eigenvalue weighted by molar-refractivity contribution is 14.0. The van der Waals surface area contributed by atoms with Crippen LogP contribution >= 0.6 is 24.0 Å². The number of rotatable bonds is 2. The Morgan fingerprint density at radius 2 is 1.91 bits per heavy atom. The lowest BCUT2D eigenvalue weighted by molar-refractivity contribution is 0.801. The number of fused-ring (bicyclic) bond motifs is 3. The molecule has 2 aliphatic carbocycles. The minimum absolute atomic E-state index is 0. The number of anilines is 1. The third-order valence-electron chi connectivity index (χ3n) is 5.06. The zero-order chi connectivity index (χ0) is 15.3. The summed E-state index contributed by atoms with van der Waals surface area (Å²) in [5.74, 6) is 1.76. The molecule has 23 heavy (non-hydrogen) atoms. The molecule has 2 aromatic carbocycles. The third kappa shape index (κ3) is 2.96. The Morgan fingerprint density at radius 3 is 2.70 bits per heavy atom. The Labute approximate surface area is 154 Å². The number of aryl methyl sites for hydroxylation is 2. The highest BCUT2D eigenvalue weighted by Gasteiger charge is 2.55. The van der Waals surface area contributed by atoms with Crippen LogP contribution in [0.3, 0.4) is 0 Å². The Balaban J connectivity index is 0.00000156. The Bertz CT molecular complexity index is 769. The zero-order valence-electron chi connectivity index (χ0n) is 13.4. The van der Waals surface area contributed by atoms with Gasteiger partial charge in [0.05, 0.1) is 6.04 Å². The fraction of sp³-hybridized carbons (Fsp3) is 0.316. The highest BCUT2D eigenvalue weighted by atomic mass is 127. The van der Waals surface area contributed by atoms with Gasteiger partial charge in [-0.2, -0.15) is 0 Å². The minimum Gasteiger partial charge on any atom is -0.370 e. The van der Waals surface area contributed by atoms with E-state index in [2.05, 4.69) is 55.6 Å². The lowest BCUT2D eigenvalue weighted by Gasteiger charge is -2.09. The van der Waals surface area contributed by atoms with Crippen molar-refractivity contribution in [3.63, 3.8) is 0 Å². The van der Waals surface area contributed by atoms with E-state index in [1.165, 1.54) is 22.3 Å². The average Bonchev–Trinajstić information content (AvgIpc) is 3.00. The van der Waals surface area contributed by atoms with Crippen molar-refractivity contribution in [3.8, 4) is 0 Å². The first-order valence-corrected chi connectivity index (χ1v) is 7.89. The molecule has 0 aromatic heterocycles. The van der Waals surface area contributed by atoms with E-state index in [1.54, 1.807) is 0 Å². The van der Waals surface area contributed by atoms with Crippen LogP contribution in [0.4, 0.5) is 5.69 Å². The number of hydrogen-bond donors (Lipinski definition) is 2. The molecule has 3 nitrogen and oxygen atoms in total. The molecule has 3 N–H and O–H groups in total. The maximum Gasteiger partial charge on any atom is 0.193 e. The van der Waals surface area contributed by atoms with Crippen molar-refractivity contribution >= 4 is 35.6 Å². The van der Waals surface area contributed by atoms with E-state index < -0.39 is 0 Å². The van der Waals surface area contributed by atoms with E-state index in [1.807, 2.05) is 6.07 Å². The first kappa shape index (κ1) is 16.3. The van der Waals surface area contributed by atoms with Crippen molar-refractivity contribution in [2.75, 3.05) is 5.32 Å². The van der Waals surface area contributed by atoms with Crippen LogP contribution in [0.15, 0.2) is 47.5 Å². The largest absolute Gasteiger partial charge is 0.370 e. The molecule has 2 aromatic rings. The van der Waals surface area contributed by atoms with Crippen LogP contribution in [0, 0.1) is 19.8 Å². The van der Waals surface area contributed by atoms with Crippen molar-refractivity contribution < 1.29 is 0 Å². The molecule has 120 valence electrons. The summed E-state index contributed by atoms with van der Waals surface area (Å²) >= 11 is 0. The van der Waals surface area contributed by atoms with Gasteiger partial charge in [0.2, 0.25) is 0 Å². The smallest absolute Gasteiger partial charge is 0.193 e. The van der Waals surface area contributed by atoms with Crippen LogP contribution in [0.5, 0.6) is 0 Å². The summed E-state index contributed by atoms with van der Waals surface area (Å²) in [6, 6.07) is 15.3. The van der Waals surface area contributed by atoms with Crippen molar-refractivity contribution in [1.29, 1.82) is 0 Å². The van der Waals surface area contributed by atoms with Crippen molar-refractivity contribution in [2.45, 2.75) is 32.2 Å². The van der Waals surface area contributed by atoms with E-state index in [4.69, 9.17) is 10.7 Å². The fourth-order valence-electron chi connectivity index (χ4n) is 3.65. The summed E-state index contributed by atoms with van der Waals surface area (Å²) in [4.78, 5) is 4.70. The third-order valence-corrected chi connectivity index (χ3v) is 5.06. The SMILES string of the molecule is Cc1ccc(NC(N)=NC2C3Cc4ccccc4C32)cc1C.I. The summed E-state index contributed by atoms with van der Waals surface area (Å²) in [5.41, 5.74) is 12.6. The Hall–Kier alpha value is -1.56. The molecule has 1 saturated carbocycles. The Kier molecular flexibility index (Phi) is 4.36. The molecule has 2 aliphatic rings. The molecule has 3 unspecified atom stereocenters. The van der Waals surface area contributed by atoms with Gasteiger partial charge >= 0.3 is 0 Å². The number of halogens is 1. The van der Waals surface area contributed by atoms with Crippen LogP contribution < -0.4 is 11.1 Å². The van der Waals surface area contributed by atoms with Gasteiger partial charge in [-0.3, -0.25) is 0 Å². The molecule has 0 amide bonds. The van der Waals surface area contributed by atoms with Crippen LogP contribution in [0.25, 0.3) is 0 Å². The molecular weight excluding hydrogens is 397 g/mol. The summed E-state index contributed by atoms with van der Waals surface area (Å²) in [7, 11) is 0. The predicted octanol–water partition coefficient (Wildman–Crippen LogP) is 3.99. The molecule has 1 fully saturated rings. The topological polar surface area (TPSA) is 50.4 Å². The normalized spacial score (nSPS) is 24.4. The second-order valence-electron chi connectivity index (χ2n) is 6.52. The van der Waals surface area contributed by atoms with Crippen molar-refractivity contribution in [1.82, 2.24) is 0 Å². The molecule has 0 heterocycles. The molecule has 4 rings (SSSR count). The van der Waals surface area contributed by atoms with Crippen LogP contribution in [0.2, 0.25) is 0 Å². The number of aliphatic imine (C=N–C) groups is 1. The number of nitrogens with one attached hydrogen (secondary N) is 1. The van der Waals surface area contributed by atoms with Gasteiger partial charge in [0.1, 0.15) is 0 Å². The lowest BCUT2D eigenvalue weighted by Crippen LogP contribution is -2.23. The van der Waals surface area contributed by atoms with Crippen LogP contribution in [0.1, 0.15) is 28.2 Å². The number of nitrogens with zero attached hydrogens (tertiary/aromatic N) is 1. The standard InChI is InChI=1S/C19H21N3.HI/c1-11-7-8-14(9-12(11)2)21-19(20)22-18-16-10-13-5-3-4-6-15(13)17(16)18;/h3-9,16-18H,10H2,1-2H3,(H3,20,21,22);1H. The van der Waals surface area contributed by atoms with E-state index in [0.717, 1.165) is 12.1 Å². The summed E-state index contributed by atoms with van der Waals surface area (Å²) in [5, 5.41) is 3.22. The monoisotopic (exact) mass is 419 g/mol. The van der Waals surface area contributed by atoms with E-state index >= 15 is 0 Å². The fourth-order valence-corrected chi connectivity index (χ4v) is 3.65. The van der Waals surface area contributed by atoms with E-state index in [-0.39, 0.29) is 24.0 Å². The average molecular weight is 419 g/mol. The predicted molar refractivity (Wildman–Crippen MR) is 107 cm³/mol. The number of benzene rings is 2. The summed E-state index contributed by atoms with van der Waals surface area (Å²) in [6.45, 7) is 4.22. The van der Waals surface area contributed by atoms with Gasteiger partial charge in [0, 0.05) is 11.6 Å². The quantitative estimate of drug-likeness (QED) is 0.440. The van der Waals surface area contributed by atoms with E-state index in [0.29, 0.717) is 23.8 Å². The molecule has 0 spiro atoms. The van der Waals surface area contributed by atoms with Gasteiger partial charge in [-0.1, -0.05) is 30.3 Å². The second kappa shape index (κ2) is 6.15. The highest BCUT2D eigenvalue weighted by Crippen LogP contribution is 2.58. The maximum absolute atomic E-state index is 6.10. The van der Waals surface area contributed by atoms with Crippen LogP contribution in [-0.4, -0.2) is 12.0 Å². The summed E-state index contributed by atoms with van der Waals surface area (Å²) < 4.78 is 0. The van der Waals surface area contributed by atoms with Crippen LogP contribution in [-0.2, 0) is 6.42 Å². The maximum atomic E-state index is 6.10. The first-order chi connectivity index (χ1) is 10.6. The number of hydrogen-bond acceptors (Lipinski definition) is 1. The zero-order valence-corrected chi connectivity index (χ0v) is 15.7. The van der Waals surface area contributed by atoms with Gasteiger partial charge in [-0.25, -0.2) is 4.99 Å². The van der Waals surface area contributed by atoms with Crippen molar-refractivity contribution in [2.24, 2.45) is 16.6 Å². The lowest BCUT2D eigenvalue weighted by atomic mass is 10.1. The molecule has 0 bridgehead atoms. The number of guanidine groups is 1. The van der Waals surface area contributed by atoms with Crippen molar-refractivity contribution in [3.05, 3.63) is 64.7 Å². The molecule has 3 atom stereocenters. The summed E-state index contributed by atoms with van der Waals surface area (Å²) in [6.07, 6.45) is 1.14. The van der Waals surface area contributed by atoms with Gasteiger partial charge < -0.3 is 11.1 Å². The van der Waals surface area contributed by atoms with Gasteiger partial charge in [0.25, 0.3) is 0 Å². The molecular formula is C19H22IN3. The Morgan fingerprint density at radius 1 is 1.13 bits per heavy atom. The molecule has 4 heteroatoms. The second-order valence-corrected chi connectivity index (χ2v) is 6.52. The van der Waals surface area contributed by atoms with Gasteiger partial charge in [-0.15, -0.1) is 24.0 Å². The minimum atomic E-state index is 0. The number of nitrogens with two attached hydrogens (primary N) is 1. The molecule has 0 saturated heterocycles. The van der Waals surface area contributed by atoms with Gasteiger partial charge in [-0.05, 0) is 60.6 Å². The first-order valence-electron chi connectivity index (χ1n) is 7.89. The molecule has 0 aliphatic heterocycles.